The van der Waals surface area contributed by atoms with Gasteiger partial charge in [0.05, 0.1) is 0 Å². The second kappa shape index (κ2) is 3.43. The first-order valence-electron chi connectivity index (χ1n) is 5.16. The quantitative estimate of drug-likeness (QED) is 0.656. The summed E-state index contributed by atoms with van der Waals surface area (Å²) in [5, 5.41) is 9.32. The van der Waals surface area contributed by atoms with Crippen LogP contribution in [0.5, 0.6) is 0 Å². The number of nitrogens with zero attached hydrogens (tertiary/aromatic N) is 1. The summed E-state index contributed by atoms with van der Waals surface area (Å²) in [5.74, 6) is 2.62. The molecular weight excluding hydrogens is 162 g/mol. The highest BCUT2D eigenvalue weighted by atomic mass is 16.3. The van der Waals surface area contributed by atoms with Crippen molar-refractivity contribution in [3.63, 3.8) is 0 Å². The summed E-state index contributed by atoms with van der Waals surface area (Å²) in [6.45, 7) is 1.49. The van der Waals surface area contributed by atoms with Crippen LogP contribution in [0.4, 0.5) is 0 Å². The molecule has 0 amide bonds. The van der Waals surface area contributed by atoms with Gasteiger partial charge >= 0.3 is 0 Å². The summed E-state index contributed by atoms with van der Waals surface area (Å²) in [5.41, 5.74) is 0. The number of aliphatic hydroxyl groups excluding tert-OH is 1. The molecule has 74 valence electrons. The standard InChI is InChI=1S/C11H19NO/c1-12(2)6-10-8-3-4-9(5-8)11(10)7-13/h3-4,8-11,13H,5-7H2,1-2H3/t8-,9+,10+,11+/m1/s1. The van der Waals surface area contributed by atoms with Gasteiger partial charge in [0.15, 0.2) is 0 Å². The Morgan fingerprint density at radius 3 is 2.38 bits per heavy atom. The second-order valence-corrected chi connectivity index (χ2v) is 4.72. The normalized spacial score (nSPS) is 42.2. The maximum atomic E-state index is 9.32. The van der Waals surface area contributed by atoms with Crippen molar-refractivity contribution in [2.75, 3.05) is 27.2 Å². The zero-order chi connectivity index (χ0) is 9.42. The first-order chi connectivity index (χ1) is 6.22. The maximum absolute atomic E-state index is 9.32. The Hall–Kier alpha value is -0.340. The zero-order valence-corrected chi connectivity index (χ0v) is 8.48. The van der Waals surface area contributed by atoms with Gasteiger partial charge < -0.3 is 10.0 Å². The van der Waals surface area contributed by atoms with Crippen molar-refractivity contribution < 1.29 is 5.11 Å². The summed E-state index contributed by atoms with van der Waals surface area (Å²) >= 11 is 0. The van der Waals surface area contributed by atoms with Gasteiger partial charge in [-0.05, 0) is 44.2 Å². The van der Waals surface area contributed by atoms with Crippen LogP contribution in [-0.4, -0.2) is 37.3 Å². The van der Waals surface area contributed by atoms with E-state index in [1.807, 2.05) is 0 Å². The minimum atomic E-state index is 0.365. The molecule has 1 N–H and O–H groups in total. The molecule has 0 aliphatic heterocycles. The maximum Gasteiger partial charge on any atom is 0.0468 e. The van der Waals surface area contributed by atoms with Crippen molar-refractivity contribution in [1.29, 1.82) is 0 Å². The lowest BCUT2D eigenvalue weighted by molar-refractivity contribution is 0.143. The first-order valence-corrected chi connectivity index (χ1v) is 5.16. The van der Waals surface area contributed by atoms with Crippen LogP contribution in [0.15, 0.2) is 12.2 Å². The molecule has 13 heavy (non-hydrogen) atoms. The Kier molecular flexibility index (Phi) is 2.43. The Bertz CT molecular complexity index is 212. The van der Waals surface area contributed by atoms with Crippen LogP contribution in [-0.2, 0) is 0 Å². The fraction of sp³-hybridized carbons (Fsp3) is 0.818. The van der Waals surface area contributed by atoms with Crippen molar-refractivity contribution >= 4 is 0 Å². The smallest absolute Gasteiger partial charge is 0.0468 e. The molecule has 4 atom stereocenters. The summed E-state index contributed by atoms with van der Waals surface area (Å²) in [4.78, 5) is 2.24. The van der Waals surface area contributed by atoms with E-state index in [0.29, 0.717) is 24.4 Å². The van der Waals surface area contributed by atoms with Crippen LogP contribution in [0.25, 0.3) is 0 Å². The second-order valence-electron chi connectivity index (χ2n) is 4.72. The highest BCUT2D eigenvalue weighted by Crippen LogP contribution is 2.47. The fourth-order valence-electron chi connectivity index (χ4n) is 2.99. The van der Waals surface area contributed by atoms with E-state index in [-0.39, 0.29) is 0 Å². The minimum Gasteiger partial charge on any atom is -0.396 e. The zero-order valence-electron chi connectivity index (χ0n) is 8.48. The summed E-state index contributed by atoms with van der Waals surface area (Å²) < 4.78 is 0. The molecule has 2 heteroatoms. The molecule has 0 unspecified atom stereocenters. The molecule has 0 saturated heterocycles. The van der Waals surface area contributed by atoms with Crippen molar-refractivity contribution in [1.82, 2.24) is 4.90 Å². The largest absolute Gasteiger partial charge is 0.396 e. The van der Waals surface area contributed by atoms with Gasteiger partial charge in [0.2, 0.25) is 0 Å². The van der Waals surface area contributed by atoms with Crippen LogP contribution in [0.1, 0.15) is 6.42 Å². The van der Waals surface area contributed by atoms with E-state index < -0.39 is 0 Å². The monoisotopic (exact) mass is 181 g/mol. The van der Waals surface area contributed by atoms with Crippen LogP contribution < -0.4 is 0 Å². The number of hydrogen-bond donors (Lipinski definition) is 1. The molecule has 2 nitrogen and oxygen atoms in total. The SMILES string of the molecule is CN(C)C[C@@H]1[C@@H](CO)[C@H]2C=C[C@@H]1C2. The highest BCUT2D eigenvalue weighted by molar-refractivity contribution is 5.13. The summed E-state index contributed by atoms with van der Waals surface area (Å²) in [6.07, 6.45) is 5.94. The number of rotatable bonds is 3. The molecule has 0 spiro atoms. The van der Waals surface area contributed by atoms with Crippen LogP contribution in [0.2, 0.25) is 0 Å². The van der Waals surface area contributed by atoms with Crippen molar-refractivity contribution in [2.24, 2.45) is 23.7 Å². The van der Waals surface area contributed by atoms with E-state index in [1.54, 1.807) is 0 Å². The lowest BCUT2D eigenvalue weighted by Crippen LogP contribution is -2.32. The predicted molar refractivity (Wildman–Crippen MR) is 53.4 cm³/mol. The molecule has 0 aromatic rings. The molecule has 0 aromatic carbocycles. The average Bonchev–Trinajstić information content (AvgIpc) is 2.62. The van der Waals surface area contributed by atoms with Crippen LogP contribution >= 0.6 is 0 Å². The number of aliphatic hydroxyl groups is 1. The average molecular weight is 181 g/mol. The van der Waals surface area contributed by atoms with Crippen LogP contribution in [0, 0.1) is 23.7 Å². The Morgan fingerprint density at radius 1 is 1.23 bits per heavy atom. The van der Waals surface area contributed by atoms with Crippen LogP contribution in [0.3, 0.4) is 0 Å². The number of allylic oxidation sites excluding steroid dienone is 2. The molecule has 0 radical (unpaired) electrons. The van der Waals surface area contributed by atoms with Gasteiger partial charge in [-0.25, -0.2) is 0 Å². The van der Waals surface area contributed by atoms with E-state index in [2.05, 4.69) is 31.1 Å². The van der Waals surface area contributed by atoms with Gasteiger partial charge in [0.25, 0.3) is 0 Å². The highest BCUT2D eigenvalue weighted by Gasteiger charge is 2.43. The van der Waals surface area contributed by atoms with E-state index in [0.717, 1.165) is 12.5 Å². The predicted octanol–water partition coefficient (Wildman–Crippen LogP) is 0.979. The molecule has 0 heterocycles. The van der Waals surface area contributed by atoms with Gasteiger partial charge in [0, 0.05) is 13.2 Å². The molecule has 0 aromatic heterocycles. The molecular formula is C11H19NO. The molecule has 2 bridgehead atoms. The Labute approximate surface area is 80.2 Å². The lowest BCUT2D eigenvalue weighted by Gasteiger charge is -2.28. The Morgan fingerprint density at radius 2 is 1.85 bits per heavy atom. The lowest BCUT2D eigenvalue weighted by atomic mass is 9.83. The third-order valence-corrected chi connectivity index (χ3v) is 3.59. The van der Waals surface area contributed by atoms with E-state index >= 15 is 0 Å². The molecule has 1 fully saturated rings. The third kappa shape index (κ3) is 1.53. The van der Waals surface area contributed by atoms with Gasteiger partial charge in [-0.2, -0.15) is 0 Å². The summed E-state index contributed by atoms with van der Waals surface area (Å²) in [6, 6.07) is 0. The van der Waals surface area contributed by atoms with Gasteiger partial charge in [0.1, 0.15) is 0 Å². The summed E-state index contributed by atoms with van der Waals surface area (Å²) in [7, 11) is 4.23. The van der Waals surface area contributed by atoms with Gasteiger partial charge in [-0.15, -0.1) is 0 Å². The Balaban J connectivity index is 2.05. The number of hydrogen-bond acceptors (Lipinski definition) is 2. The van der Waals surface area contributed by atoms with Crippen molar-refractivity contribution in [3.05, 3.63) is 12.2 Å². The van der Waals surface area contributed by atoms with E-state index in [4.69, 9.17) is 0 Å². The molecule has 2 aliphatic rings. The molecule has 1 saturated carbocycles. The fourth-order valence-corrected chi connectivity index (χ4v) is 2.99. The van der Waals surface area contributed by atoms with Crippen molar-refractivity contribution in [2.45, 2.75) is 6.42 Å². The third-order valence-electron chi connectivity index (χ3n) is 3.59. The number of fused-ring (bicyclic) bond motifs is 2. The molecule has 2 aliphatic carbocycles. The van der Waals surface area contributed by atoms with E-state index in [9.17, 15) is 5.11 Å². The van der Waals surface area contributed by atoms with E-state index in [1.165, 1.54) is 6.42 Å². The topological polar surface area (TPSA) is 23.5 Å². The van der Waals surface area contributed by atoms with Gasteiger partial charge in [-0.3, -0.25) is 0 Å². The molecule has 2 rings (SSSR count). The minimum absolute atomic E-state index is 0.365. The first kappa shape index (κ1) is 9.22. The van der Waals surface area contributed by atoms with Crippen molar-refractivity contribution in [3.8, 4) is 0 Å². The van der Waals surface area contributed by atoms with Gasteiger partial charge in [-0.1, -0.05) is 12.2 Å².